The number of hydrogen-bond donors (Lipinski definition) is 1. The minimum atomic E-state index is -0.484. The van der Waals surface area contributed by atoms with Gasteiger partial charge in [-0.3, -0.25) is 4.79 Å². The van der Waals surface area contributed by atoms with E-state index in [9.17, 15) is 9.18 Å². The Hall–Kier alpha value is -1.21. The first-order valence-electron chi connectivity index (χ1n) is 7.71. The van der Waals surface area contributed by atoms with E-state index in [1.807, 2.05) is 7.05 Å². The second-order valence-electron chi connectivity index (χ2n) is 5.99. The summed E-state index contributed by atoms with van der Waals surface area (Å²) in [5.41, 5.74) is 0.677. The summed E-state index contributed by atoms with van der Waals surface area (Å²) >= 11 is 5.72. The summed E-state index contributed by atoms with van der Waals surface area (Å²) in [4.78, 5) is 14.4. The minimum absolute atomic E-state index is 0.0750. The highest BCUT2D eigenvalue weighted by Crippen LogP contribution is 2.31. The van der Waals surface area contributed by atoms with Gasteiger partial charge < -0.3 is 19.7 Å². The van der Waals surface area contributed by atoms with Gasteiger partial charge in [0.05, 0.1) is 17.7 Å². The van der Waals surface area contributed by atoms with Crippen LogP contribution in [0.4, 0.5) is 4.39 Å². The fourth-order valence-electron chi connectivity index (χ4n) is 2.97. The van der Waals surface area contributed by atoms with Crippen LogP contribution in [-0.4, -0.2) is 56.3 Å². The molecule has 0 aromatic heterocycles. The van der Waals surface area contributed by atoms with E-state index in [0.29, 0.717) is 31.7 Å². The van der Waals surface area contributed by atoms with Gasteiger partial charge >= 0.3 is 0 Å². The van der Waals surface area contributed by atoms with Crippen molar-refractivity contribution in [3.63, 3.8) is 0 Å². The normalized spacial score (nSPS) is 28.7. The lowest BCUT2D eigenvalue weighted by atomic mass is 10.0. The van der Waals surface area contributed by atoms with E-state index in [1.165, 1.54) is 12.1 Å². The molecule has 2 saturated heterocycles. The number of ether oxygens (including phenoxy) is 2. The Bertz CT molecular complexity index is 586. The molecule has 126 valence electrons. The molecule has 7 heteroatoms. The number of rotatable bonds is 3. The van der Waals surface area contributed by atoms with Crippen LogP contribution in [0.5, 0.6) is 0 Å². The molecule has 3 rings (SSSR count). The largest absolute Gasteiger partial charge is 0.371 e. The molecule has 2 heterocycles. The number of benzene rings is 1. The molecular weight excluding hydrogens is 323 g/mol. The summed E-state index contributed by atoms with van der Waals surface area (Å²) in [6.07, 6.45) is -0.160. The third-order valence-corrected chi connectivity index (χ3v) is 4.56. The summed E-state index contributed by atoms with van der Waals surface area (Å²) in [6, 6.07) is 4.40. The summed E-state index contributed by atoms with van der Waals surface area (Å²) in [6.45, 7) is 2.45. The number of likely N-dealkylation sites (N-methyl/N-ethyl adjacent to an activating group) is 1. The molecule has 2 aliphatic heterocycles. The average Bonchev–Trinajstić information content (AvgIpc) is 2.98. The molecule has 1 N–H and O–H groups in total. The molecule has 0 spiro atoms. The number of morpholine rings is 1. The van der Waals surface area contributed by atoms with Crippen LogP contribution in [0, 0.1) is 5.82 Å². The van der Waals surface area contributed by atoms with Gasteiger partial charge in [-0.15, -0.1) is 0 Å². The van der Waals surface area contributed by atoms with Crippen molar-refractivity contribution in [2.45, 2.75) is 24.7 Å². The van der Waals surface area contributed by atoms with E-state index in [2.05, 4.69) is 10.2 Å². The first-order chi connectivity index (χ1) is 11.0. The number of carbonyl (C=O) groups excluding carboxylic acids is 1. The van der Waals surface area contributed by atoms with Crippen molar-refractivity contribution in [3.05, 3.63) is 34.6 Å². The highest BCUT2D eigenvalue weighted by atomic mass is 35.5. The van der Waals surface area contributed by atoms with Crippen LogP contribution in [0.15, 0.2) is 18.2 Å². The lowest BCUT2D eigenvalue weighted by Crippen LogP contribution is -2.51. The molecule has 1 aromatic rings. The third kappa shape index (κ3) is 3.83. The smallest absolute Gasteiger partial charge is 0.250 e. The lowest BCUT2D eigenvalue weighted by Gasteiger charge is -2.30. The van der Waals surface area contributed by atoms with Gasteiger partial charge in [-0.25, -0.2) is 4.39 Å². The highest BCUT2D eigenvalue weighted by molar-refractivity contribution is 6.30. The topological polar surface area (TPSA) is 50.8 Å². The third-order valence-electron chi connectivity index (χ3n) is 4.25. The van der Waals surface area contributed by atoms with E-state index in [-0.39, 0.29) is 23.1 Å². The van der Waals surface area contributed by atoms with Gasteiger partial charge in [-0.2, -0.15) is 0 Å². The van der Waals surface area contributed by atoms with Gasteiger partial charge in [-0.05, 0) is 31.2 Å². The second-order valence-corrected chi connectivity index (χ2v) is 6.40. The summed E-state index contributed by atoms with van der Waals surface area (Å²) in [5.74, 6) is -0.631. The maximum absolute atomic E-state index is 13.7. The van der Waals surface area contributed by atoms with Gasteiger partial charge in [0.15, 0.2) is 0 Å². The SMILES string of the molecule is CN1CCO[C@H](C(=O)N[C@H]2CCO[C@@H]2c2ccc(Cl)c(F)c2)C1. The van der Waals surface area contributed by atoms with Crippen LogP contribution in [0.1, 0.15) is 18.1 Å². The predicted octanol–water partition coefficient (Wildman–Crippen LogP) is 1.76. The van der Waals surface area contributed by atoms with Crippen molar-refractivity contribution in [1.82, 2.24) is 10.2 Å². The Morgan fingerprint density at radius 3 is 2.96 bits per heavy atom. The Kier molecular flexibility index (Phi) is 5.16. The molecule has 0 radical (unpaired) electrons. The van der Waals surface area contributed by atoms with Crippen LogP contribution in [0.25, 0.3) is 0 Å². The molecule has 1 aromatic carbocycles. The first kappa shape index (κ1) is 16.6. The molecular formula is C16H20ClFN2O3. The summed E-state index contributed by atoms with van der Waals surface area (Å²) in [5, 5.41) is 3.06. The van der Waals surface area contributed by atoms with Crippen molar-refractivity contribution in [3.8, 4) is 0 Å². The molecule has 2 fully saturated rings. The number of nitrogens with one attached hydrogen (secondary N) is 1. The summed E-state index contributed by atoms with van der Waals surface area (Å²) in [7, 11) is 1.96. The van der Waals surface area contributed by atoms with E-state index in [1.54, 1.807) is 6.07 Å². The highest BCUT2D eigenvalue weighted by Gasteiger charge is 2.34. The molecule has 0 aliphatic carbocycles. The second kappa shape index (κ2) is 7.13. The molecule has 5 nitrogen and oxygen atoms in total. The standard InChI is InChI=1S/C16H20ClFN2O3/c1-20-5-7-22-14(9-20)16(21)19-13-4-6-23-15(13)10-2-3-11(17)12(18)8-10/h2-3,8,13-15H,4-7,9H2,1H3,(H,19,21)/t13-,14-,15+/m0/s1. The van der Waals surface area contributed by atoms with E-state index < -0.39 is 11.9 Å². The maximum atomic E-state index is 13.7. The Labute approximate surface area is 139 Å². The molecule has 23 heavy (non-hydrogen) atoms. The summed E-state index contributed by atoms with van der Waals surface area (Å²) < 4.78 is 24.9. The van der Waals surface area contributed by atoms with Crippen LogP contribution < -0.4 is 5.32 Å². The molecule has 0 bridgehead atoms. The van der Waals surface area contributed by atoms with Crippen LogP contribution in [0.2, 0.25) is 5.02 Å². The van der Waals surface area contributed by atoms with Crippen LogP contribution in [-0.2, 0) is 14.3 Å². The van der Waals surface area contributed by atoms with Crippen molar-refractivity contribution < 1.29 is 18.7 Å². The number of carbonyl (C=O) groups is 1. The number of hydrogen-bond acceptors (Lipinski definition) is 4. The first-order valence-corrected chi connectivity index (χ1v) is 8.09. The van der Waals surface area contributed by atoms with E-state index >= 15 is 0 Å². The van der Waals surface area contributed by atoms with Crippen LogP contribution >= 0.6 is 11.6 Å². The lowest BCUT2D eigenvalue weighted by molar-refractivity contribution is -0.139. The number of amides is 1. The quantitative estimate of drug-likeness (QED) is 0.909. The minimum Gasteiger partial charge on any atom is -0.371 e. The fraction of sp³-hybridized carbons (Fsp3) is 0.562. The Morgan fingerprint density at radius 1 is 1.39 bits per heavy atom. The van der Waals surface area contributed by atoms with E-state index in [4.69, 9.17) is 21.1 Å². The zero-order chi connectivity index (χ0) is 16.4. The Balaban J connectivity index is 1.66. The Morgan fingerprint density at radius 2 is 2.22 bits per heavy atom. The van der Waals surface area contributed by atoms with Gasteiger partial charge in [0.2, 0.25) is 0 Å². The van der Waals surface area contributed by atoms with Gasteiger partial charge in [0.25, 0.3) is 5.91 Å². The molecule has 1 amide bonds. The van der Waals surface area contributed by atoms with Gasteiger partial charge in [-0.1, -0.05) is 17.7 Å². The predicted molar refractivity (Wildman–Crippen MR) is 83.9 cm³/mol. The molecule has 3 atom stereocenters. The zero-order valence-corrected chi connectivity index (χ0v) is 13.7. The van der Waals surface area contributed by atoms with Gasteiger partial charge in [0, 0.05) is 19.7 Å². The van der Waals surface area contributed by atoms with Crippen molar-refractivity contribution in [2.24, 2.45) is 0 Å². The number of nitrogens with zero attached hydrogens (tertiary/aromatic N) is 1. The molecule has 0 unspecified atom stereocenters. The van der Waals surface area contributed by atoms with Crippen LogP contribution in [0.3, 0.4) is 0 Å². The zero-order valence-electron chi connectivity index (χ0n) is 12.9. The van der Waals surface area contributed by atoms with Crippen molar-refractivity contribution >= 4 is 17.5 Å². The maximum Gasteiger partial charge on any atom is 0.250 e. The monoisotopic (exact) mass is 342 g/mol. The van der Waals surface area contributed by atoms with Gasteiger partial charge in [0.1, 0.15) is 18.0 Å². The average molecular weight is 343 g/mol. The number of halogens is 2. The molecule has 0 saturated carbocycles. The van der Waals surface area contributed by atoms with Crippen molar-refractivity contribution in [1.29, 1.82) is 0 Å². The molecule has 2 aliphatic rings. The fourth-order valence-corrected chi connectivity index (χ4v) is 3.08. The van der Waals surface area contributed by atoms with E-state index in [0.717, 1.165) is 6.54 Å². The van der Waals surface area contributed by atoms with Crippen molar-refractivity contribution in [2.75, 3.05) is 33.4 Å².